The maximum absolute atomic E-state index is 13.5. The van der Waals surface area contributed by atoms with Crippen molar-refractivity contribution < 1.29 is 24.5 Å². The number of rotatable bonds is 6. The molecule has 0 aliphatic carbocycles. The lowest BCUT2D eigenvalue weighted by Gasteiger charge is -2.22. The summed E-state index contributed by atoms with van der Waals surface area (Å²) < 4.78 is 6.35. The van der Waals surface area contributed by atoms with Gasteiger partial charge in [0.05, 0.1) is 11.6 Å². The van der Waals surface area contributed by atoms with E-state index in [1.807, 2.05) is 31.2 Å². The van der Waals surface area contributed by atoms with Crippen LogP contribution in [0.1, 0.15) is 35.2 Å². The summed E-state index contributed by atoms with van der Waals surface area (Å²) in [4.78, 5) is 28.1. The van der Waals surface area contributed by atoms with Crippen molar-refractivity contribution >= 4 is 57.3 Å². The lowest BCUT2D eigenvalue weighted by Crippen LogP contribution is -2.29. The van der Waals surface area contributed by atoms with Crippen molar-refractivity contribution in [3.8, 4) is 11.5 Å². The van der Waals surface area contributed by atoms with E-state index >= 15 is 0 Å². The Kier molecular flexibility index (Phi) is 6.99. The number of benzene rings is 3. The molecule has 4 aromatic rings. The number of ether oxygens (including phenoxy) is 1. The zero-order valence-electron chi connectivity index (χ0n) is 21.1. The molecule has 1 saturated heterocycles. The second-order valence-corrected chi connectivity index (χ2v) is 12.0. The third kappa shape index (κ3) is 4.83. The quantitative estimate of drug-likeness (QED) is 0.0904. The summed E-state index contributed by atoms with van der Waals surface area (Å²) in [6.45, 7) is 1.95. The minimum Gasteiger partial charge on any atom is -0.508 e. The summed E-state index contributed by atoms with van der Waals surface area (Å²) in [5, 5.41) is 30.9. The van der Waals surface area contributed by atoms with Crippen LogP contribution in [0.5, 0.6) is 11.5 Å². The molecule has 1 fully saturated rings. The lowest BCUT2D eigenvalue weighted by atomic mass is 9.94. The van der Waals surface area contributed by atoms with Crippen LogP contribution in [0.25, 0.3) is 5.76 Å². The smallest absolute Gasteiger partial charge is 0.301 e. The number of thioether (sulfide) groups is 1. The van der Waals surface area contributed by atoms with Crippen molar-refractivity contribution in [2.75, 3.05) is 4.90 Å². The van der Waals surface area contributed by atoms with Gasteiger partial charge in [-0.1, -0.05) is 65.0 Å². The molecular weight excluding hydrogens is 570 g/mol. The Bertz CT molecular complexity index is 1690. The second kappa shape index (κ2) is 10.6. The summed E-state index contributed by atoms with van der Waals surface area (Å²) in [5.74, 6) is -0.772. The van der Waals surface area contributed by atoms with Crippen LogP contribution >= 0.6 is 34.7 Å². The predicted octanol–water partition coefficient (Wildman–Crippen LogP) is 6.14. The van der Waals surface area contributed by atoms with Gasteiger partial charge in [-0.05, 0) is 60.0 Å². The number of ketones is 1. The van der Waals surface area contributed by atoms with Crippen LogP contribution in [0.15, 0.2) is 76.6 Å². The van der Waals surface area contributed by atoms with Gasteiger partial charge in [-0.15, -0.1) is 10.2 Å². The van der Waals surface area contributed by atoms with E-state index in [1.54, 1.807) is 30.3 Å². The maximum atomic E-state index is 13.5. The van der Waals surface area contributed by atoms with Crippen LogP contribution in [-0.2, 0) is 21.8 Å². The average Bonchev–Trinajstić information content (AvgIpc) is 3.63. The molecule has 2 atom stereocenters. The number of anilines is 1. The fourth-order valence-corrected chi connectivity index (χ4v) is 7.03. The summed E-state index contributed by atoms with van der Waals surface area (Å²) in [6, 6.07) is 17.9. The summed E-state index contributed by atoms with van der Waals surface area (Å²) in [7, 11) is 0. The Morgan fingerprint density at radius 3 is 2.75 bits per heavy atom. The third-order valence-corrected chi connectivity index (χ3v) is 9.18. The molecular formula is C29H22ClN3O5S2. The molecule has 3 heterocycles. The topological polar surface area (TPSA) is 113 Å². The number of amides is 1. The summed E-state index contributed by atoms with van der Waals surface area (Å²) >= 11 is 8.84. The number of aliphatic hydroxyl groups excluding tert-OH is 1. The van der Waals surface area contributed by atoms with E-state index in [9.17, 15) is 19.8 Å². The molecule has 2 unspecified atom stereocenters. The number of fused-ring (bicyclic) bond motifs is 1. The Morgan fingerprint density at radius 1 is 1.12 bits per heavy atom. The average molecular weight is 592 g/mol. The number of aliphatic hydroxyl groups is 1. The van der Waals surface area contributed by atoms with Gasteiger partial charge in [0.15, 0.2) is 4.34 Å². The maximum Gasteiger partial charge on any atom is 0.301 e. The van der Waals surface area contributed by atoms with Crippen LogP contribution in [0.2, 0.25) is 5.02 Å². The molecule has 0 bridgehead atoms. The van der Waals surface area contributed by atoms with E-state index in [0.717, 1.165) is 28.2 Å². The van der Waals surface area contributed by atoms with Crippen LogP contribution in [0, 0.1) is 0 Å². The van der Waals surface area contributed by atoms with Gasteiger partial charge in [0, 0.05) is 22.8 Å². The largest absolute Gasteiger partial charge is 0.508 e. The highest BCUT2D eigenvalue weighted by Gasteiger charge is 2.48. The van der Waals surface area contributed by atoms with E-state index < -0.39 is 17.7 Å². The van der Waals surface area contributed by atoms with E-state index in [2.05, 4.69) is 10.2 Å². The SMILES string of the molecule is CC1Cc2cc(/C(O)=C3\C(=O)C(=O)N(c4nnc(SCc5ccccc5Cl)s4)C3c3cccc(O)c3)ccc2O1. The molecule has 1 aromatic heterocycles. The van der Waals surface area contributed by atoms with E-state index in [4.69, 9.17) is 16.3 Å². The van der Waals surface area contributed by atoms with Gasteiger partial charge < -0.3 is 14.9 Å². The molecule has 3 aromatic carbocycles. The van der Waals surface area contributed by atoms with Crippen molar-refractivity contribution in [3.05, 3.63) is 99.6 Å². The van der Waals surface area contributed by atoms with Crippen molar-refractivity contribution in [1.82, 2.24) is 10.2 Å². The number of Topliss-reactive ketones (excluding diaryl/α,β-unsaturated/α-hetero) is 1. The van der Waals surface area contributed by atoms with Crippen molar-refractivity contribution in [3.63, 3.8) is 0 Å². The number of nitrogens with zero attached hydrogens (tertiary/aromatic N) is 3. The fourth-order valence-electron chi connectivity index (χ4n) is 4.88. The predicted molar refractivity (Wildman–Crippen MR) is 154 cm³/mol. The highest BCUT2D eigenvalue weighted by Crippen LogP contribution is 2.45. The molecule has 0 saturated carbocycles. The normalized spacial score (nSPS) is 19.6. The van der Waals surface area contributed by atoms with E-state index in [-0.39, 0.29) is 28.3 Å². The van der Waals surface area contributed by atoms with Crippen LogP contribution in [0.4, 0.5) is 5.13 Å². The standard InChI is InChI=1S/C29H22ClN3O5S2/c1-15-11-19-12-17(9-10-22(19)38-15)25(35)23-24(16-6-4-7-20(34)13-16)33(27(37)26(23)36)28-31-32-29(40-28)39-14-18-5-2-3-8-21(18)30/h2-10,12-13,15,24,34-35H,11,14H2,1H3/b25-23+. The minimum absolute atomic E-state index is 0.00709. The van der Waals surface area contributed by atoms with Gasteiger partial charge in [0.1, 0.15) is 23.4 Å². The second-order valence-electron chi connectivity index (χ2n) is 9.45. The molecule has 2 aliphatic rings. The molecule has 8 nitrogen and oxygen atoms in total. The van der Waals surface area contributed by atoms with Crippen molar-refractivity contribution in [2.24, 2.45) is 0 Å². The number of halogens is 1. The number of carbonyl (C=O) groups is 2. The van der Waals surface area contributed by atoms with Gasteiger partial charge in [0.25, 0.3) is 5.78 Å². The lowest BCUT2D eigenvalue weighted by molar-refractivity contribution is -0.132. The molecule has 0 radical (unpaired) electrons. The third-order valence-electron chi connectivity index (χ3n) is 6.71. The molecule has 11 heteroatoms. The number of phenols is 1. The summed E-state index contributed by atoms with van der Waals surface area (Å²) in [5.41, 5.74) is 2.58. The molecule has 1 amide bonds. The fraction of sp³-hybridized carbons (Fsp3) is 0.172. The minimum atomic E-state index is -1.02. The van der Waals surface area contributed by atoms with E-state index in [1.165, 1.54) is 28.8 Å². The summed E-state index contributed by atoms with van der Waals surface area (Å²) in [6.07, 6.45) is 0.674. The van der Waals surface area contributed by atoms with Crippen LogP contribution in [-0.4, -0.2) is 38.2 Å². The first-order valence-corrected chi connectivity index (χ1v) is 14.6. The Labute approximate surface area is 242 Å². The number of hydrogen-bond donors (Lipinski definition) is 2. The zero-order valence-corrected chi connectivity index (χ0v) is 23.5. The van der Waals surface area contributed by atoms with Crippen LogP contribution in [0.3, 0.4) is 0 Å². The molecule has 6 rings (SSSR count). The highest BCUT2D eigenvalue weighted by molar-refractivity contribution is 8.00. The first kappa shape index (κ1) is 26.4. The Hall–Kier alpha value is -3.86. The molecule has 2 aliphatic heterocycles. The monoisotopic (exact) mass is 591 g/mol. The molecule has 2 N–H and O–H groups in total. The van der Waals surface area contributed by atoms with Crippen molar-refractivity contribution in [1.29, 1.82) is 0 Å². The first-order valence-electron chi connectivity index (χ1n) is 12.4. The van der Waals surface area contributed by atoms with Crippen molar-refractivity contribution in [2.45, 2.75) is 35.6 Å². The van der Waals surface area contributed by atoms with Gasteiger partial charge >= 0.3 is 5.91 Å². The van der Waals surface area contributed by atoms with Gasteiger partial charge in [-0.2, -0.15) is 0 Å². The molecule has 40 heavy (non-hydrogen) atoms. The number of aromatic hydroxyl groups is 1. The number of phenolic OH excluding ortho intramolecular Hbond substituents is 1. The van der Waals surface area contributed by atoms with E-state index in [0.29, 0.717) is 32.7 Å². The van der Waals surface area contributed by atoms with Gasteiger partial charge in [-0.25, -0.2) is 0 Å². The number of aromatic nitrogens is 2. The zero-order chi connectivity index (χ0) is 28.0. The Balaban J connectivity index is 1.39. The molecule has 0 spiro atoms. The Morgan fingerprint density at radius 2 is 1.95 bits per heavy atom. The molecule has 202 valence electrons. The highest BCUT2D eigenvalue weighted by atomic mass is 35.5. The number of carbonyl (C=O) groups excluding carboxylic acids is 2. The first-order chi connectivity index (χ1) is 19.3. The van der Waals surface area contributed by atoms with Crippen LogP contribution < -0.4 is 9.64 Å². The number of hydrogen-bond acceptors (Lipinski definition) is 9. The van der Waals surface area contributed by atoms with Gasteiger partial charge in [0.2, 0.25) is 5.13 Å². The van der Waals surface area contributed by atoms with Gasteiger partial charge in [-0.3, -0.25) is 14.5 Å².